The summed E-state index contributed by atoms with van der Waals surface area (Å²) in [7, 11) is 0. The van der Waals surface area contributed by atoms with E-state index >= 15 is 0 Å². The number of aromatic nitrogens is 1. The standard InChI is InChI=1S/C12H16BrN3/c1-4-16(8-10(3)6-14)12-11(13)5-9(2)7-15-12/h5,7,10H,4,8H2,1-3H3. The van der Waals surface area contributed by atoms with Gasteiger partial charge in [0.2, 0.25) is 0 Å². The highest BCUT2D eigenvalue weighted by Crippen LogP contribution is 2.24. The molecule has 1 rings (SSSR count). The Balaban J connectivity index is 2.91. The van der Waals surface area contributed by atoms with E-state index in [0.29, 0.717) is 6.54 Å². The third-order valence-electron chi connectivity index (χ3n) is 2.35. The maximum Gasteiger partial charge on any atom is 0.142 e. The molecule has 1 atom stereocenters. The first kappa shape index (κ1) is 13.0. The molecule has 0 amide bonds. The predicted octanol–water partition coefficient (Wildman–Crippen LogP) is 3.14. The van der Waals surface area contributed by atoms with Gasteiger partial charge in [0.05, 0.1) is 16.5 Å². The summed E-state index contributed by atoms with van der Waals surface area (Å²) < 4.78 is 0.986. The zero-order chi connectivity index (χ0) is 12.1. The van der Waals surface area contributed by atoms with Crippen molar-refractivity contribution in [2.75, 3.05) is 18.0 Å². The van der Waals surface area contributed by atoms with Crippen LogP contribution in [-0.4, -0.2) is 18.1 Å². The monoisotopic (exact) mass is 281 g/mol. The second kappa shape index (κ2) is 5.86. The van der Waals surface area contributed by atoms with Crippen LogP contribution in [0, 0.1) is 24.2 Å². The average molecular weight is 282 g/mol. The quantitative estimate of drug-likeness (QED) is 0.851. The van der Waals surface area contributed by atoms with Crippen molar-refractivity contribution in [1.29, 1.82) is 5.26 Å². The van der Waals surface area contributed by atoms with Crippen molar-refractivity contribution in [2.24, 2.45) is 5.92 Å². The molecular formula is C12H16BrN3. The van der Waals surface area contributed by atoms with E-state index in [1.54, 1.807) is 0 Å². The number of nitriles is 1. The molecule has 0 N–H and O–H groups in total. The van der Waals surface area contributed by atoms with Crippen LogP contribution in [0.4, 0.5) is 5.82 Å². The third-order valence-corrected chi connectivity index (χ3v) is 2.94. The fourth-order valence-corrected chi connectivity index (χ4v) is 2.21. The van der Waals surface area contributed by atoms with Crippen molar-refractivity contribution in [3.8, 4) is 6.07 Å². The van der Waals surface area contributed by atoms with E-state index in [4.69, 9.17) is 5.26 Å². The van der Waals surface area contributed by atoms with Gasteiger partial charge in [-0.3, -0.25) is 0 Å². The van der Waals surface area contributed by atoms with Gasteiger partial charge in [-0.15, -0.1) is 0 Å². The lowest BCUT2D eigenvalue weighted by atomic mass is 10.2. The number of nitrogens with zero attached hydrogens (tertiary/aromatic N) is 3. The van der Waals surface area contributed by atoms with E-state index in [1.165, 1.54) is 0 Å². The van der Waals surface area contributed by atoms with Crippen molar-refractivity contribution in [3.63, 3.8) is 0 Å². The number of hydrogen-bond acceptors (Lipinski definition) is 3. The molecule has 0 spiro atoms. The summed E-state index contributed by atoms with van der Waals surface area (Å²) in [4.78, 5) is 6.51. The lowest BCUT2D eigenvalue weighted by Crippen LogP contribution is -2.28. The molecule has 0 saturated carbocycles. The fraction of sp³-hybridized carbons (Fsp3) is 0.500. The van der Waals surface area contributed by atoms with E-state index in [0.717, 1.165) is 22.4 Å². The normalized spacial score (nSPS) is 11.9. The van der Waals surface area contributed by atoms with Crippen LogP contribution in [0.15, 0.2) is 16.7 Å². The molecule has 0 saturated heterocycles. The van der Waals surface area contributed by atoms with Crippen molar-refractivity contribution >= 4 is 21.7 Å². The predicted molar refractivity (Wildman–Crippen MR) is 69.3 cm³/mol. The second-order valence-electron chi connectivity index (χ2n) is 3.89. The lowest BCUT2D eigenvalue weighted by molar-refractivity contribution is 0.678. The SMILES string of the molecule is CCN(CC(C)C#N)c1ncc(C)cc1Br. The molecule has 0 aromatic carbocycles. The summed E-state index contributed by atoms with van der Waals surface area (Å²) in [5, 5.41) is 8.83. The minimum atomic E-state index is 0.00922. The summed E-state index contributed by atoms with van der Waals surface area (Å²) in [6.07, 6.45) is 1.85. The first-order valence-electron chi connectivity index (χ1n) is 5.35. The molecule has 0 aliphatic carbocycles. The van der Waals surface area contributed by atoms with E-state index in [1.807, 2.05) is 26.1 Å². The highest BCUT2D eigenvalue weighted by Gasteiger charge is 2.13. The molecule has 16 heavy (non-hydrogen) atoms. The van der Waals surface area contributed by atoms with Crippen LogP contribution in [0.25, 0.3) is 0 Å². The Morgan fingerprint density at radius 2 is 2.31 bits per heavy atom. The number of rotatable bonds is 4. The molecule has 1 unspecified atom stereocenters. The van der Waals surface area contributed by atoms with E-state index in [2.05, 4.69) is 38.8 Å². The Bertz CT molecular complexity index is 398. The number of anilines is 1. The van der Waals surface area contributed by atoms with Crippen LogP contribution in [0.1, 0.15) is 19.4 Å². The first-order valence-corrected chi connectivity index (χ1v) is 6.14. The number of halogens is 1. The van der Waals surface area contributed by atoms with Crippen LogP contribution in [0.2, 0.25) is 0 Å². The van der Waals surface area contributed by atoms with Crippen molar-refractivity contribution < 1.29 is 0 Å². The van der Waals surface area contributed by atoms with Gasteiger partial charge in [-0.1, -0.05) is 0 Å². The summed E-state index contributed by atoms with van der Waals surface area (Å²) in [5.41, 5.74) is 1.13. The topological polar surface area (TPSA) is 39.9 Å². The Kier molecular flexibility index (Phi) is 4.75. The van der Waals surface area contributed by atoms with Gasteiger partial charge in [0.25, 0.3) is 0 Å². The molecular weight excluding hydrogens is 266 g/mol. The van der Waals surface area contributed by atoms with Crippen LogP contribution in [0.3, 0.4) is 0 Å². The number of hydrogen-bond donors (Lipinski definition) is 0. The van der Waals surface area contributed by atoms with E-state index in [9.17, 15) is 0 Å². The Labute approximate surface area is 105 Å². The maximum absolute atomic E-state index is 8.83. The molecule has 1 aromatic rings. The van der Waals surface area contributed by atoms with Gasteiger partial charge >= 0.3 is 0 Å². The summed E-state index contributed by atoms with van der Waals surface area (Å²) in [5.74, 6) is 0.921. The molecule has 1 heterocycles. The first-order chi connectivity index (χ1) is 7.58. The van der Waals surface area contributed by atoms with E-state index < -0.39 is 0 Å². The minimum Gasteiger partial charge on any atom is -0.355 e. The summed E-state index contributed by atoms with van der Waals surface area (Å²) in [6, 6.07) is 4.29. The van der Waals surface area contributed by atoms with Gasteiger partial charge in [-0.25, -0.2) is 4.98 Å². The average Bonchev–Trinajstić information content (AvgIpc) is 2.26. The maximum atomic E-state index is 8.83. The Hall–Kier alpha value is -1.08. The largest absolute Gasteiger partial charge is 0.355 e. The van der Waals surface area contributed by atoms with Gasteiger partial charge in [-0.05, 0) is 48.3 Å². The zero-order valence-corrected chi connectivity index (χ0v) is 11.5. The molecule has 4 heteroatoms. The summed E-state index contributed by atoms with van der Waals surface area (Å²) in [6.45, 7) is 7.56. The molecule has 0 aliphatic rings. The van der Waals surface area contributed by atoms with Crippen LogP contribution < -0.4 is 4.90 Å². The fourth-order valence-electron chi connectivity index (χ4n) is 1.50. The minimum absolute atomic E-state index is 0.00922. The lowest BCUT2D eigenvalue weighted by Gasteiger charge is -2.24. The van der Waals surface area contributed by atoms with E-state index in [-0.39, 0.29) is 5.92 Å². The van der Waals surface area contributed by atoms with Crippen molar-refractivity contribution in [3.05, 3.63) is 22.3 Å². The highest BCUT2D eigenvalue weighted by molar-refractivity contribution is 9.10. The van der Waals surface area contributed by atoms with Gasteiger partial charge in [0.15, 0.2) is 0 Å². The van der Waals surface area contributed by atoms with Gasteiger partial charge in [0, 0.05) is 19.3 Å². The number of pyridine rings is 1. The van der Waals surface area contributed by atoms with Crippen molar-refractivity contribution in [2.45, 2.75) is 20.8 Å². The van der Waals surface area contributed by atoms with Crippen LogP contribution in [-0.2, 0) is 0 Å². The molecule has 0 fully saturated rings. The highest BCUT2D eigenvalue weighted by atomic mass is 79.9. The third kappa shape index (κ3) is 3.21. The van der Waals surface area contributed by atoms with Crippen LogP contribution >= 0.6 is 15.9 Å². The second-order valence-corrected chi connectivity index (χ2v) is 4.74. The van der Waals surface area contributed by atoms with Gasteiger partial charge in [-0.2, -0.15) is 5.26 Å². The molecule has 86 valence electrons. The zero-order valence-electron chi connectivity index (χ0n) is 9.87. The van der Waals surface area contributed by atoms with Crippen molar-refractivity contribution in [1.82, 2.24) is 4.98 Å². The van der Waals surface area contributed by atoms with Crippen LogP contribution in [0.5, 0.6) is 0 Å². The van der Waals surface area contributed by atoms with Gasteiger partial charge < -0.3 is 4.90 Å². The Morgan fingerprint density at radius 1 is 1.62 bits per heavy atom. The molecule has 0 radical (unpaired) electrons. The molecule has 1 aromatic heterocycles. The molecule has 3 nitrogen and oxygen atoms in total. The Morgan fingerprint density at radius 3 is 2.81 bits per heavy atom. The number of aryl methyl sites for hydroxylation is 1. The smallest absolute Gasteiger partial charge is 0.142 e. The summed E-state index contributed by atoms with van der Waals surface area (Å²) >= 11 is 3.51. The van der Waals surface area contributed by atoms with Gasteiger partial charge in [0.1, 0.15) is 5.82 Å². The molecule has 0 bridgehead atoms. The molecule has 0 aliphatic heterocycles.